The van der Waals surface area contributed by atoms with Crippen molar-refractivity contribution in [3.8, 4) is 11.9 Å². The number of halogens is 3. The first-order chi connectivity index (χ1) is 13.9. The second-order valence-electron chi connectivity index (χ2n) is 6.03. The summed E-state index contributed by atoms with van der Waals surface area (Å²) in [7, 11) is 0. The summed E-state index contributed by atoms with van der Waals surface area (Å²) in [5.74, 6) is -0.537. The Morgan fingerprint density at radius 2 is 1.76 bits per heavy atom. The molecular formula is C21H17F3N4O. The molecule has 0 amide bonds. The maximum absolute atomic E-state index is 13.4. The average molecular weight is 398 g/mol. The van der Waals surface area contributed by atoms with Crippen LogP contribution in [0.2, 0.25) is 0 Å². The number of anilines is 2. The van der Waals surface area contributed by atoms with Crippen LogP contribution in [0.5, 0.6) is 5.88 Å². The zero-order valence-corrected chi connectivity index (χ0v) is 15.5. The normalized spacial score (nSPS) is 11.0. The molecule has 0 saturated heterocycles. The Morgan fingerprint density at radius 1 is 1.07 bits per heavy atom. The molecule has 29 heavy (non-hydrogen) atoms. The molecule has 1 heterocycles. The molecule has 0 bridgehead atoms. The van der Waals surface area contributed by atoms with Crippen LogP contribution in [0.15, 0.2) is 60.8 Å². The third-order valence-electron chi connectivity index (χ3n) is 4.14. The first-order valence-electron chi connectivity index (χ1n) is 8.81. The van der Waals surface area contributed by atoms with Crippen molar-refractivity contribution in [1.29, 1.82) is 5.26 Å². The van der Waals surface area contributed by atoms with Gasteiger partial charge in [-0.25, -0.2) is 4.98 Å². The van der Waals surface area contributed by atoms with Gasteiger partial charge in [0.25, 0.3) is 0 Å². The molecule has 0 spiro atoms. The summed E-state index contributed by atoms with van der Waals surface area (Å²) in [5, 5.41) is 9.33. The highest BCUT2D eigenvalue weighted by Gasteiger charge is 2.36. The standard InChI is InChI=1S/C21H17F3N4O/c1-2-28(18-11-7-6-10-16(18)12-25)20-26-13-17(21(22,23)24)19(27-20)29-14-15-8-4-3-5-9-15/h3-11,13H,2,14H2,1H3. The van der Waals surface area contributed by atoms with Gasteiger partial charge in [-0.05, 0) is 24.6 Å². The summed E-state index contributed by atoms with van der Waals surface area (Å²) in [6.45, 7) is 2.07. The Kier molecular flexibility index (Phi) is 5.98. The summed E-state index contributed by atoms with van der Waals surface area (Å²) in [4.78, 5) is 9.49. The first kappa shape index (κ1) is 20.1. The number of para-hydroxylation sites is 1. The lowest BCUT2D eigenvalue weighted by molar-refractivity contribution is -0.139. The van der Waals surface area contributed by atoms with Crippen LogP contribution in [0.1, 0.15) is 23.6 Å². The molecule has 0 N–H and O–H groups in total. The Bertz CT molecular complexity index is 1020. The van der Waals surface area contributed by atoms with Crippen molar-refractivity contribution in [3.63, 3.8) is 0 Å². The minimum atomic E-state index is -4.66. The molecule has 0 radical (unpaired) electrons. The van der Waals surface area contributed by atoms with Gasteiger partial charge in [0.1, 0.15) is 18.2 Å². The van der Waals surface area contributed by atoms with Gasteiger partial charge in [0.2, 0.25) is 11.8 Å². The number of hydrogen-bond acceptors (Lipinski definition) is 5. The molecule has 3 aromatic rings. The summed E-state index contributed by atoms with van der Waals surface area (Å²) in [6.07, 6.45) is -3.95. The molecule has 0 aliphatic heterocycles. The van der Waals surface area contributed by atoms with Crippen LogP contribution >= 0.6 is 0 Å². The van der Waals surface area contributed by atoms with Crippen LogP contribution < -0.4 is 9.64 Å². The van der Waals surface area contributed by atoms with Gasteiger partial charge in [-0.1, -0.05) is 42.5 Å². The van der Waals surface area contributed by atoms with Gasteiger partial charge in [-0.2, -0.15) is 23.4 Å². The lowest BCUT2D eigenvalue weighted by atomic mass is 10.2. The summed E-state index contributed by atoms with van der Waals surface area (Å²) in [5.41, 5.74) is 0.528. The van der Waals surface area contributed by atoms with Gasteiger partial charge >= 0.3 is 6.18 Å². The third-order valence-corrected chi connectivity index (χ3v) is 4.14. The smallest absolute Gasteiger partial charge is 0.423 e. The van der Waals surface area contributed by atoms with E-state index in [1.54, 1.807) is 66.4 Å². The molecule has 3 rings (SSSR count). The number of nitriles is 1. The molecule has 1 aromatic heterocycles. The van der Waals surface area contributed by atoms with Crippen molar-refractivity contribution in [1.82, 2.24) is 9.97 Å². The van der Waals surface area contributed by atoms with Crippen LogP contribution in [-0.2, 0) is 12.8 Å². The zero-order valence-electron chi connectivity index (χ0n) is 15.5. The predicted molar refractivity (Wildman–Crippen MR) is 102 cm³/mol. The summed E-state index contributed by atoms with van der Waals surface area (Å²) >= 11 is 0. The minimum absolute atomic E-state index is 0.0197. The van der Waals surface area contributed by atoms with Crippen LogP contribution in [0.25, 0.3) is 0 Å². The van der Waals surface area contributed by atoms with E-state index in [1.165, 1.54) is 0 Å². The molecule has 0 aliphatic carbocycles. The van der Waals surface area contributed by atoms with Crippen molar-refractivity contribution < 1.29 is 17.9 Å². The Hall–Kier alpha value is -3.60. The first-order valence-corrected chi connectivity index (χ1v) is 8.81. The van der Waals surface area contributed by atoms with Crippen molar-refractivity contribution >= 4 is 11.6 Å². The summed E-state index contributed by atoms with van der Waals surface area (Å²) in [6, 6.07) is 17.7. The second-order valence-corrected chi connectivity index (χ2v) is 6.03. The van der Waals surface area contributed by atoms with E-state index in [-0.39, 0.29) is 12.6 Å². The average Bonchev–Trinajstić information content (AvgIpc) is 2.73. The topological polar surface area (TPSA) is 62.0 Å². The highest BCUT2D eigenvalue weighted by molar-refractivity contribution is 5.65. The minimum Gasteiger partial charge on any atom is -0.472 e. The van der Waals surface area contributed by atoms with Gasteiger partial charge in [0.05, 0.1) is 11.3 Å². The molecular weight excluding hydrogens is 381 g/mol. The Balaban J connectivity index is 2.00. The van der Waals surface area contributed by atoms with Crippen molar-refractivity contribution in [2.45, 2.75) is 19.7 Å². The van der Waals surface area contributed by atoms with Gasteiger partial charge in [0, 0.05) is 12.7 Å². The lowest BCUT2D eigenvalue weighted by Gasteiger charge is -2.23. The van der Waals surface area contributed by atoms with Crippen LogP contribution in [0, 0.1) is 11.3 Å². The van der Waals surface area contributed by atoms with Gasteiger partial charge in [-0.15, -0.1) is 0 Å². The van der Waals surface area contributed by atoms with Crippen molar-refractivity contribution in [2.75, 3.05) is 11.4 Å². The maximum Gasteiger partial charge on any atom is 0.423 e. The van der Waals surface area contributed by atoms with Gasteiger partial charge in [0.15, 0.2) is 0 Å². The third kappa shape index (κ3) is 4.63. The van der Waals surface area contributed by atoms with Crippen LogP contribution in [0.3, 0.4) is 0 Å². The SMILES string of the molecule is CCN(c1ncc(C(F)(F)F)c(OCc2ccccc2)n1)c1ccccc1C#N. The highest BCUT2D eigenvalue weighted by atomic mass is 19.4. The van der Waals surface area contributed by atoms with Gasteiger partial charge < -0.3 is 9.64 Å². The second kappa shape index (κ2) is 8.61. The van der Waals surface area contributed by atoms with E-state index in [9.17, 15) is 18.4 Å². The number of rotatable bonds is 6. The van der Waals surface area contributed by atoms with E-state index in [2.05, 4.69) is 16.0 Å². The molecule has 0 fully saturated rings. The fraction of sp³-hybridized carbons (Fsp3) is 0.190. The number of hydrogen-bond donors (Lipinski definition) is 0. The molecule has 2 aromatic carbocycles. The van der Waals surface area contributed by atoms with Crippen LogP contribution in [-0.4, -0.2) is 16.5 Å². The van der Waals surface area contributed by atoms with Gasteiger partial charge in [-0.3, -0.25) is 0 Å². The van der Waals surface area contributed by atoms with Crippen molar-refractivity contribution in [3.05, 3.63) is 77.5 Å². The zero-order chi connectivity index (χ0) is 20.9. The molecule has 0 unspecified atom stereocenters. The molecule has 0 atom stereocenters. The quantitative estimate of drug-likeness (QED) is 0.578. The fourth-order valence-corrected chi connectivity index (χ4v) is 2.74. The fourth-order valence-electron chi connectivity index (χ4n) is 2.74. The van der Waals surface area contributed by atoms with E-state index < -0.39 is 17.6 Å². The van der Waals surface area contributed by atoms with E-state index in [0.717, 1.165) is 0 Å². The van der Waals surface area contributed by atoms with Crippen molar-refractivity contribution in [2.24, 2.45) is 0 Å². The Labute approximate surface area is 166 Å². The van der Waals surface area contributed by atoms with E-state index in [4.69, 9.17) is 4.74 Å². The molecule has 8 heteroatoms. The predicted octanol–water partition coefficient (Wildman–Crippen LogP) is 5.10. The monoisotopic (exact) mass is 398 g/mol. The number of alkyl halides is 3. The number of benzene rings is 2. The van der Waals surface area contributed by atoms with E-state index >= 15 is 0 Å². The molecule has 0 aliphatic rings. The largest absolute Gasteiger partial charge is 0.472 e. The number of nitrogens with zero attached hydrogens (tertiary/aromatic N) is 4. The molecule has 0 saturated carbocycles. The molecule has 148 valence electrons. The summed E-state index contributed by atoms with van der Waals surface area (Å²) < 4.78 is 45.7. The lowest BCUT2D eigenvalue weighted by Crippen LogP contribution is -2.21. The number of aromatic nitrogens is 2. The molecule has 5 nitrogen and oxygen atoms in total. The van der Waals surface area contributed by atoms with Crippen LogP contribution in [0.4, 0.5) is 24.8 Å². The van der Waals surface area contributed by atoms with E-state index in [0.29, 0.717) is 29.6 Å². The highest BCUT2D eigenvalue weighted by Crippen LogP contribution is 2.36. The maximum atomic E-state index is 13.4. The Morgan fingerprint density at radius 3 is 2.41 bits per heavy atom. The number of ether oxygens (including phenoxy) is 1. The van der Waals surface area contributed by atoms with E-state index in [1.807, 2.05) is 0 Å².